The van der Waals surface area contributed by atoms with Crippen LogP contribution in [0, 0.1) is 12.3 Å². The number of alkyl halides is 2. The maximum atomic E-state index is 12.8. The van der Waals surface area contributed by atoms with Crippen molar-refractivity contribution in [3.8, 4) is 0 Å². The van der Waals surface area contributed by atoms with Crippen LogP contribution < -0.4 is 5.73 Å². The van der Waals surface area contributed by atoms with Crippen molar-refractivity contribution in [2.75, 3.05) is 13.3 Å². The molecule has 0 radical (unpaired) electrons. The van der Waals surface area contributed by atoms with Crippen molar-refractivity contribution in [2.24, 2.45) is 18.2 Å². The van der Waals surface area contributed by atoms with Gasteiger partial charge in [0.05, 0.1) is 30.7 Å². The van der Waals surface area contributed by atoms with Crippen LogP contribution in [0.3, 0.4) is 0 Å². The van der Waals surface area contributed by atoms with Gasteiger partial charge >= 0.3 is 0 Å². The molecule has 1 aromatic rings. The van der Waals surface area contributed by atoms with Crippen molar-refractivity contribution in [1.82, 2.24) is 9.55 Å². The topological polar surface area (TPSA) is 64.1 Å². The summed E-state index contributed by atoms with van der Waals surface area (Å²) >= 11 is 0. The Bertz CT molecular complexity index is 415. The quantitative estimate of drug-likeness (QED) is 0.853. The molecule has 3 N–H and O–H groups in total. The van der Waals surface area contributed by atoms with E-state index in [0.29, 0.717) is 5.69 Å². The molecule has 1 atom stereocenters. The lowest BCUT2D eigenvalue weighted by atomic mass is 9.57. The Morgan fingerprint density at radius 1 is 1.50 bits per heavy atom. The fraction of sp³-hybridized carbons (Fsp3) is 0.750. The predicted octanol–water partition coefficient (Wildman–Crippen LogP) is 1.18. The average Bonchev–Trinajstić information content (AvgIpc) is 2.64. The van der Waals surface area contributed by atoms with Gasteiger partial charge in [-0.15, -0.1) is 0 Å². The minimum atomic E-state index is -1.25. The number of halogens is 2. The van der Waals surface area contributed by atoms with Gasteiger partial charge in [-0.3, -0.25) is 8.78 Å². The maximum Gasteiger partial charge on any atom is 0.105 e. The summed E-state index contributed by atoms with van der Waals surface area (Å²) in [6.45, 7) is 0.300. The third kappa shape index (κ3) is 1.93. The van der Waals surface area contributed by atoms with E-state index in [2.05, 4.69) is 4.98 Å². The number of nitrogens with zero attached hydrogens (tertiary/aromatic N) is 2. The molecule has 102 valence electrons. The first-order valence-corrected chi connectivity index (χ1v) is 5.96. The van der Waals surface area contributed by atoms with E-state index in [0.717, 1.165) is 5.82 Å². The summed E-state index contributed by atoms with van der Waals surface area (Å²) in [6.07, 6.45) is 1.83. The van der Waals surface area contributed by atoms with Crippen LogP contribution in [0.2, 0.25) is 0 Å². The molecule has 0 bridgehead atoms. The molecule has 0 spiro atoms. The molecular weight excluding hydrogens is 240 g/mol. The minimum Gasteiger partial charge on any atom is -0.388 e. The standard InChI is InChI=1S/C12H19F2N3O/c1-8-16-9(3-17(8)2)10(15)12(18)4-11(5-12,6-13)7-14/h3,10,18H,4-7,15H2,1-2H3. The summed E-state index contributed by atoms with van der Waals surface area (Å²) in [4.78, 5) is 4.25. The first-order valence-electron chi connectivity index (χ1n) is 5.96. The number of aliphatic hydroxyl groups is 1. The molecule has 4 nitrogen and oxygen atoms in total. The smallest absolute Gasteiger partial charge is 0.105 e. The fourth-order valence-corrected chi connectivity index (χ4v) is 2.70. The van der Waals surface area contributed by atoms with Gasteiger partial charge in [-0.25, -0.2) is 4.98 Å². The van der Waals surface area contributed by atoms with Crippen LogP contribution in [0.15, 0.2) is 6.20 Å². The van der Waals surface area contributed by atoms with Gasteiger partial charge in [0.2, 0.25) is 0 Å². The Morgan fingerprint density at radius 3 is 2.44 bits per heavy atom. The normalized spacial score (nSPS) is 22.6. The van der Waals surface area contributed by atoms with E-state index in [1.807, 2.05) is 14.0 Å². The van der Waals surface area contributed by atoms with Crippen LogP contribution in [-0.2, 0) is 7.05 Å². The first-order chi connectivity index (χ1) is 8.36. The molecule has 1 unspecified atom stereocenters. The van der Waals surface area contributed by atoms with Crippen molar-refractivity contribution in [3.63, 3.8) is 0 Å². The Hall–Kier alpha value is -1.01. The third-order valence-corrected chi connectivity index (χ3v) is 3.95. The van der Waals surface area contributed by atoms with E-state index in [9.17, 15) is 13.9 Å². The van der Waals surface area contributed by atoms with Crippen LogP contribution in [0.25, 0.3) is 0 Å². The van der Waals surface area contributed by atoms with Gasteiger partial charge in [0.1, 0.15) is 5.82 Å². The summed E-state index contributed by atoms with van der Waals surface area (Å²) in [7, 11) is 1.83. The van der Waals surface area contributed by atoms with Crippen molar-refractivity contribution in [3.05, 3.63) is 17.7 Å². The SMILES string of the molecule is Cc1nc(C(N)C2(O)CC(CF)(CF)C2)cn1C. The largest absolute Gasteiger partial charge is 0.388 e. The van der Waals surface area contributed by atoms with E-state index in [1.165, 1.54) is 0 Å². The molecule has 6 heteroatoms. The highest BCUT2D eigenvalue weighted by Crippen LogP contribution is 2.53. The van der Waals surface area contributed by atoms with E-state index in [4.69, 9.17) is 5.73 Å². The van der Waals surface area contributed by atoms with Crippen LogP contribution in [0.1, 0.15) is 30.4 Å². The number of aryl methyl sites for hydroxylation is 2. The number of aromatic nitrogens is 2. The number of hydrogen-bond acceptors (Lipinski definition) is 3. The van der Waals surface area contributed by atoms with Gasteiger partial charge in [0.15, 0.2) is 0 Å². The summed E-state index contributed by atoms with van der Waals surface area (Å²) in [6, 6.07) is -0.705. The van der Waals surface area contributed by atoms with Gasteiger partial charge in [-0.1, -0.05) is 0 Å². The second kappa shape index (κ2) is 4.28. The van der Waals surface area contributed by atoms with Gasteiger partial charge in [0.25, 0.3) is 0 Å². The summed E-state index contributed by atoms with van der Waals surface area (Å²) in [5.74, 6) is 0.783. The molecule has 0 aromatic carbocycles. The highest BCUT2D eigenvalue weighted by Gasteiger charge is 2.57. The number of hydrogen-bond donors (Lipinski definition) is 2. The van der Waals surface area contributed by atoms with Crippen LogP contribution in [-0.4, -0.2) is 33.6 Å². The zero-order valence-electron chi connectivity index (χ0n) is 10.7. The van der Waals surface area contributed by atoms with E-state index >= 15 is 0 Å². The summed E-state index contributed by atoms with van der Waals surface area (Å²) < 4.78 is 27.3. The lowest BCUT2D eigenvalue weighted by molar-refractivity contribution is -0.158. The van der Waals surface area contributed by atoms with E-state index in [1.54, 1.807) is 10.8 Å². The Balaban J connectivity index is 2.13. The second-order valence-electron chi connectivity index (χ2n) is 5.53. The van der Waals surface area contributed by atoms with Crippen LogP contribution in [0.4, 0.5) is 8.78 Å². The Kier molecular flexibility index (Phi) is 3.19. The van der Waals surface area contributed by atoms with Crippen molar-refractivity contribution < 1.29 is 13.9 Å². The Morgan fingerprint density at radius 2 is 2.06 bits per heavy atom. The average molecular weight is 259 g/mol. The van der Waals surface area contributed by atoms with E-state index < -0.39 is 30.4 Å². The molecule has 1 aliphatic carbocycles. The number of rotatable bonds is 4. The van der Waals surface area contributed by atoms with Crippen molar-refractivity contribution >= 4 is 0 Å². The molecule has 1 aromatic heterocycles. The van der Waals surface area contributed by atoms with Crippen LogP contribution in [0.5, 0.6) is 0 Å². The molecule has 18 heavy (non-hydrogen) atoms. The van der Waals surface area contributed by atoms with Gasteiger partial charge < -0.3 is 15.4 Å². The second-order valence-corrected chi connectivity index (χ2v) is 5.53. The molecule has 1 fully saturated rings. The highest BCUT2D eigenvalue weighted by molar-refractivity contribution is 5.18. The highest BCUT2D eigenvalue weighted by atomic mass is 19.1. The monoisotopic (exact) mass is 259 g/mol. The molecule has 1 aliphatic rings. The zero-order valence-corrected chi connectivity index (χ0v) is 10.7. The molecule has 0 amide bonds. The lowest BCUT2D eigenvalue weighted by Crippen LogP contribution is -2.59. The molecule has 0 saturated heterocycles. The number of nitrogens with two attached hydrogens (primary N) is 1. The summed E-state index contributed by atoms with van der Waals surface area (Å²) in [5, 5.41) is 10.3. The van der Waals surface area contributed by atoms with Gasteiger partial charge in [0, 0.05) is 18.7 Å². The van der Waals surface area contributed by atoms with Crippen LogP contribution >= 0.6 is 0 Å². The minimum absolute atomic E-state index is 0.0454. The molecule has 1 heterocycles. The van der Waals surface area contributed by atoms with E-state index in [-0.39, 0.29) is 12.8 Å². The van der Waals surface area contributed by atoms with Crippen molar-refractivity contribution in [2.45, 2.75) is 31.4 Å². The molecule has 2 rings (SSSR count). The zero-order chi connectivity index (χ0) is 13.6. The lowest BCUT2D eigenvalue weighted by Gasteiger charge is -2.52. The maximum absolute atomic E-state index is 12.8. The van der Waals surface area contributed by atoms with Crippen molar-refractivity contribution in [1.29, 1.82) is 0 Å². The molecular formula is C12H19F2N3O. The third-order valence-electron chi connectivity index (χ3n) is 3.95. The van der Waals surface area contributed by atoms with Gasteiger partial charge in [-0.2, -0.15) is 0 Å². The fourth-order valence-electron chi connectivity index (χ4n) is 2.70. The predicted molar refractivity (Wildman–Crippen MR) is 63.4 cm³/mol. The summed E-state index contributed by atoms with van der Waals surface area (Å²) in [5.41, 5.74) is 4.24. The Labute approximate surface area is 105 Å². The number of imidazole rings is 1. The molecule has 1 saturated carbocycles. The van der Waals surface area contributed by atoms with Gasteiger partial charge in [-0.05, 0) is 19.8 Å². The molecule has 0 aliphatic heterocycles. The first kappa shape index (κ1) is 13.4.